The molecule has 3 heterocycles. The summed E-state index contributed by atoms with van der Waals surface area (Å²) in [5.41, 5.74) is 0. The van der Waals surface area contributed by atoms with Crippen LogP contribution in [0, 0.1) is 5.92 Å². The van der Waals surface area contributed by atoms with E-state index in [4.69, 9.17) is 4.74 Å². The number of methoxy groups -OCH3 is 1. The minimum atomic E-state index is 0.324. The summed E-state index contributed by atoms with van der Waals surface area (Å²) in [5, 5.41) is 8.87. The number of nitrogens with one attached hydrogen (secondary N) is 1. The predicted molar refractivity (Wildman–Crippen MR) is 84.9 cm³/mol. The molecule has 8 heteroatoms. The Morgan fingerprint density at radius 1 is 1.36 bits per heavy atom. The molecule has 0 saturated heterocycles. The number of aryl methyl sites for hydroxylation is 1. The Balaban J connectivity index is 1.61. The van der Waals surface area contributed by atoms with Crippen LogP contribution in [0.2, 0.25) is 0 Å². The van der Waals surface area contributed by atoms with Crippen LogP contribution in [0.15, 0.2) is 0 Å². The largest absolute Gasteiger partial charge is 0.377 e. The van der Waals surface area contributed by atoms with Crippen LogP contribution in [0.25, 0.3) is 0 Å². The first-order valence-corrected chi connectivity index (χ1v) is 8.42. The Kier molecular flexibility index (Phi) is 4.68. The van der Waals surface area contributed by atoms with Gasteiger partial charge in [-0.2, -0.15) is 9.47 Å². The molecule has 1 unspecified atom stereocenters. The van der Waals surface area contributed by atoms with Crippen LogP contribution in [0.1, 0.15) is 37.7 Å². The maximum absolute atomic E-state index is 5.09. The zero-order valence-electron chi connectivity index (χ0n) is 13.2. The average molecular weight is 322 g/mol. The number of rotatable bonds is 6. The molecule has 0 spiro atoms. The summed E-state index contributed by atoms with van der Waals surface area (Å²) in [4.78, 5) is 9.06. The molecule has 2 aromatic rings. The van der Waals surface area contributed by atoms with Gasteiger partial charge in [0.15, 0.2) is 5.82 Å². The van der Waals surface area contributed by atoms with Crippen LogP contribution in [0.5, 0.6) is 0 Å². The van der Waals surface area contributed by atoms with E-state index < -0.39 is 0 Å². The summed E-state index contributed by atoms with van der Waals surface area (Å²) in [7, 11) is 1.66. The van der Waals surface area contributed by atoms with Crippen molar-refractivity contribution < 1.29 is 4.74 Å². The molecule has 7 nitrogen and oxygen atoms in total. The third kappa shape index (κ3) is 3.61. The molecular weight excluding hydrogens is 300 g/mol. The third-order valence-electron chi connectivity index (χ3n) is 3.56. The van der Waals surface area contributed by atoms with Crippen LogP contribution in [0.4, 0.5) is 5.13 Å². The molecule has 0 fully saturated rings. The van der Waals surface area contributed by atoms with Crippen molar-refractivity contribution in [2.75, 3.05) is 12.4 Å². The number of aromatic nitrogens is 5. The van der Waals surface area contributed by atoms with Crippen LogP contribution in [-0.4, -0.2) is 37.3 Å². The van der Waals surface area contributed by atoms with Gasteiger partial charge in [-0.15, -0.1) is 0 Å². The summed E-state index contributed by atoms with van der Waals surface area (Å²) in [6.45, 7) is 5.64. The molecule has 22 heavy (non-hydrogen) atoms. The molecule has 1 aliphatic heterocycles. The summed E-state index contributed by atoms with van der Waals surface area (Å²) >= 11 is 1.44. The highest BCUT2D eigenvalue weighted by molar-refractivity contribution is 7.09. The number of anilines is 1. The van der Waals surface area contributed by atoms with Crippen molar-refractivity contribution in [3.8, 4) is 0 Å². The molecular formula is C14H22N6OS. The highest BCUT2D eigenvalue weighted by Gasteiger charge is 2.22. The Morgan fingerprint density at radius 2 is 2.23 bits per heavy atom. The van der Waals surface area contributed by atoms with Crippen molar-refractivity contribution in [1.29, 1.82) is 0 Å². The predicted octanol–water partition coefficient (Wildman–Crippen LogP) is 1.90. The monoisotopic (exact) mass is 322 g/mol. The van der Waals surface area contributed by atoms with Crippen LogP contribution in [-0.2, 0) is 30.7 Å². The molecule has 0 amide bonds. The summed E-state index contributed by atoms with van der Waals surface area (Å²) in [6, 6.07) is 0.324. The summed E-state index contributed by atoms with van der Waals surface area (Å²) in [6.07, 6.45) is 2.88. The first-order valence-electron chi connectivity index (χ1n) is 7.64. The second-order valence-corrected chi connectivity index (χ2v) is 6.80. The molecule has 0 bridgehead atoms. The van der Waals surface area contributed by atoms with E-state index in [2.05, 4.69) is 38.6 Å². The maximum atomic E-state index is 5.09. The molecule has 1 aliphatic rings. The number of nitrogens with zero attached hydrogens (tertiary/aromatic N) is 5. The normalized spacial score (nSPS) is 17.7. The van der Waals surface area contributed by atoms with Gasteiger partial charge in [0.05, 0.1) is 6.54 Å². The lowest BCUT2D eigenvalue weighted by atomic mass is 10.1. The molecule has 120 valence electrons. The molecule has 1 atom stereocenters. The maximum Gasteiger partial charge on any atom is 0.202 e. The van der Waals surface area contributed by atoms with Gasteiger partial charge in [-0.3, -0.25) is 0 Å². The number of hydrogen-bond acceptors (Lipinski definition) is 7. The highest BCUT2D eigenvalue weighted by atomic mass is 32.1. The standard InChI is InChI=1S/C14H22N6OS/c1-9(2)6-11-17-14(22-19-11)15-10-4-5-13-16-12(8-21-3)18-20(13)7-10/h9-10H,4-8H2,1-3H3,(H,15,17,19). The molecule has 0 radical (unpaired) electrons. The average Bonchev–Trinajstić information content (AvgIpc) is 3.04. The van der Waals surface area contributed by atoms with E-state index in [0.717, 1.165) is 48.4 Å². The lowest BCUT2D eigenvalue weighted by molar-refractivity contribution is 0.177. The van der Waals surface area contributed by atoms with Crippen molar-refractivity contribution in [2.24, 2.45) is 5.92 Å². The van der Waals surface area contributed by atoms with Gasteiger partial charge in [-0.05, 0) is 12.3 Å². The van der Waals surface area contributed by atoms with E-state index in [-0.39, 0.29) is 0 Å². The van der Waals surface area contributed by atoms with E-state index in [9.17, 15) is 0 Å². The topological polar surface area (TPSA) is 77.8 Å². The summed E-state index contributed by atoms with van der Waals surface area (Å²) in [5.74, 6) is 3.31. The van der Waals surface area contributed by atoms with Gasteiger partial charge >= 0.3 is 0 Å². The number of fused-ring (bicyclic) bond motifs is 1. The molecule has 2 aromatic heterocycles. The second-order valence-electron chi connectivity index (χ2n) is 6.05. The Bertz CT molecular complexity index is 623. The quantitative estimate of drug-likeness (QED) is 0.875. The fourth-order valence-corrected chi connectivity index (χ4v) is 3.28. The zero-order chi connectivity index (χ0) is 15.5. The molecule has 0 saturated carbocycles. The molecule has 3 rings (SSSR count). The van der Waals surface area contributed by atoms with Gasteiger partial charge < -0.3 is 10.1 Å². The van der Waals surface area contributed by atoms with E-state index in [1.165, 1.54) is 11.5 Å². The van der Waals surface area contributed by atoms with Crippen molar-refractivity contribution in [3.63, 3.8) is 0 Å². The number of hydrogen-bond donors (Lipinski definition) is 1. The van der Waals surface area contributed by atoms with E-state index in [1.807, 2.05) is 4.68 Å². The lowest BCUT2D eigenvalue weighted by Gasteiger charge is -2.22. The van der Waals surface area contributed by atoms with Crippen LogP contribution in [0.3, 0.4) is 0 Å². The SMILES string of the molecule is COCc1nc2n(n1)CC(Nc1nc(CC(C)C)ns1)CC2. The Morgan fingerprint density at radius 3 is 3.00 bits per heavy atom. The lowest BCUT2D eigenvalue weighted by Crippen LogP contribution is -2.31. The minimum Gasteiger partial charge on any atom is -0.377 e. The fraction of sp³-hybridized carbons (Fsp3) is 0.714. The molecule has 0 aliphatic carbocycles. The van der Waals surface area contributed by atoms with Crippen molar-refractivity contribution in [1.82, 2.24) is 24.1 Å². The van der Waals surface area contributed by atoms with Gasteiger partial charge in [0.2, 0.25) is 5.13 Å². The Labute approximate surface area is 134 Å². The van der Waals surface area contributed by atoms with Gasteiger partial charge in [0, 0.05) is 37.5 Å². The minimum absolute atomic E-state index is 0.324. The van der Waals surface area contributed by atoms with Crippen molar-refractivity contribution in [2.45, 2.75) is 52.3 Å². The molecule has 1 N–H and O–H groups in total. The first kappa shape index (κ1) is 15.4. The van der Waals surface area contributed by atoms with Crippen molar-refractivity contribution in [3.05, 3.63) is 17.5 Å². The van der Waals surface area contributed by atoms with E-state index >= 15 is 0 Å². The fourth-order valence-electron chi connectivity index (χ4n) is 2.60. The van der Waals surface area contributed by atoms with Gasteiger partial charge in [0.25, 0.3) is 0 Å². The van der Waals surface area contributed by atoms with Crippen LogP contribution >= 0.6 is 11.5 Å². The zero-order valence-corrected chi connectivity index (χ0v) is 14.1. The Hall–Kier alpha value is -1.54. The number of ether oxygens (including phenoxy) is 1. The van der Waals surface area contributed by atoms with Gasteiger partial charge in [-0.1, -0.05) is 13.8 Å². The van der Waals surface area contributed by atoms with Gasteiger partial charge in [0.1, 0.15) is 18.3 Å². The van der Waals surface area contributed by atoms with Gasteiger partial charge in [-0.25, -0.2) is 14.6 Å². The van der Waals surface area contributed by atoms with Crippen LogP contribution < -0.4 is 5.32 Å². The molecule has 0 aromatic carbocycles. The van der Waals surface area contributed by atoms with E-state index in [1.54, 1.807) is 7.11 Å². The highest BCUT2D eigenvalue weighted by Crippen LogP contribution is 2.20. The third-order valence-corrected chi connectivity index (χ3v) is 4.25. The first-order chi connectivity index (χ1) is 10.6. The second kappa shape index (κ2) is 6.70. The van der Waals surface area contributed by atoms with E-state index in [0.29, 0.717) is 18.6 Å². The van der Waals surface area contributed by atoms with Crippen molar-refractivity contribution >= 4 is 16.7 Å². The smallest absolute Gasteiger partial charge is 0.202 e. The summed E-state index contributed by atoms with van der Waals surface area (Å²) < 4.78 is 11.5.